The molecule has 2 unspecified atom stereocenters. The maximum atomic E-state index is 11.4. The predicted octanol–water partition coefficient (Wildman–Crippen LogP) is 1.79. The smallest absolute Gasteiger partial charge is 0.147 e. The Morgan fingerprint density at radius 2 is 2.15 bits per heavy atom. The van der Waals surface area contributed by atoms with E-state index in [0.29, 0.717) is 6.42 Å². The first-order valence-corrected chi connectivity index (χ1v) is 9.21. The molecule has 0 aliphatic carbocycles. The molecule has 0 radical (unpaired) electrons. The Bertz CT molecular complexity index is 517. The normalized spacial score (nSPS) is 19.4. The topological polar surface area (TPSA) is 55.4 Å². The fraction of sp³-hybridized carbons (Fsp3) is 0.600. The zero-order valence-corrected chi connectivity index (χ0v) is 12.9. The van der Waals surface area contributed by atoms with Crippen LogP contribution in [0.15, 0.2) is 24.3 Å². The van der Waals surface area contributed by atoms with Gasteiger partial charge in [0, 0.05) is 18.7 Å². The van der Waals surface area contributed by atoms with E-state index in [4.69, 9.17) is 4.74 Å². The number of benzene rings is 1. The molecule has 112 valence electrons. The van der Waals surface area contributed by atoms with Gasteiger partial charge in [0.05, 0.1) is 5.75 Å². The summed E-state index contributed by atoms with van der Waals surface area (Å²) in [7, 11) is -2.94. The summed E-state index contributed by atoms with van der Waals surface area (Å²) in [6, 6.07) is 8.10. The molecule has 5 heteroatoms. The second kappa shape index (κ2) is 6.59. The van der Waals surface area contributed by atoms with Crippen molar-refractivity contribution >= 4 is 9.84 Å². The van der Waals surface area contributed by atoms with Gasteiger partial charge in [-0.15, -0.1) is 0 Å². The van der Waals surface area contributed by atoms with E-state index in [1.54, 1.807) is 0 Å². The van der Waals surface area contributed by atoms with Crippen LogP contribution in [0.3, 0.4) is 0 Å². The molecule has 0 bridgehead atoms. The van der Waals surface area contributed by atoms with Crippen molar-refractivity contribution in [2.75, 3.05) is 18.6 Å². The number of sulfone groups is 1. The van der Waals surface area contributed by atoms with Crippen LogP contribution in [0.25, 0.3) is 0 Å². The standard InChI is InChI=1S/C15H23NO3S/c1-3-9-16-13(8-10-20(2,17)18)15-11-12-6-4-5-7-14(12)19-15/h4-7,13,15-16H,3,8-11H2,1-2H3. The Labute approximate surface area is 121 Å². The molecular weight excluding hydrogens is 274 g/mol. The molecule has 0 amide bonds. The third kappa shape index (κ3) is 4.21. The van der Waals surface area contributed by atoms with E-state index in [-0.39, 0.29) is 17.9 Å². The van der Waals surface area contributed by atoms with Crippen LogP contribution in [0, 0.1) is 0 Å². The van der Waals surface area contributed by atoms with Crippen LogP contribution < -0.4 is 10.1 Å². The number of hydrogen-bond acceptors (Lipinski definition) is 4. The average Bonchev–Trinajstić information content (AvgIpc) is 2.81. The predicted molar refractivity (Wildman–Crippen MR) is 81.0 cm³/mol. The van der Waals surface area contributed by atoms with Gasteiger partial charge in [0.25, 0.3) is 0 Å². The zero-order valence-electron chi connectivity index (χ0n) is 12.1. The summed E-state index contributed by atoms with van der Waals surface area (Å²) < 4.78 is 28.7. The van der Waals surface area contributed by atoms with Crippen molar-refractivity contribution in [1.29, 1.82) is 0 Å². The van der Waals surface area contributed by atoms with Gasteiger partial charge in [-0.1, -0.05) is 25.1 Å². The highest BCUT2D eigenvalue weighted by Crippen LogP contribution is 2.30. The van der Waals surface area contributed by atoms with E-state index in [0.717, 1.165) is 25.1 Å². The van der Waals surface area contributed by atoms with Crippen molar-refractivity contribution in [3.05, 3.63) is 29.8 Å². The lowest BCUT2D eigenvalue weighted by molar-refractivity contribution is 0.175. The summed E-state index contributed by atoms with van der Waals surface area (Å²) in [6.07, 6.45) is 3.78. The van der Waals surface area contributed by atoms with Gasteiger partial charge >= 0.3 is 0 Å². The summed E-state index contributed by atoms with van der Waals surface area (Å²) in [5.41, 5.74) is 1.21. The van der Waals surface area contributed by atoms with Gasteiger partial charge in [0.2, 0.25) is 0 Å². The largest absolute Gasteiger partial charge is 0.488 e. The first kappa shape index (κ1) is 15.3. The van der Waals surface area contributed by atoms with Gasteiger partial charge in [-0.2, -0.15) is 0 Å². The lowest BCUT2D eigenvalue weighted by Crippen LogP contribution is -2.43. The minimum absolute atomic E-state index is 0.0284. The lowest BCUT2D eigenvalue weighted by atomic mass is 10.0. The van der Waals surface area contributed by atoms with Crippen molar-refractivity contribution in [3.63, 3.8) is 0 Å². The molecule has 1 N–H and O–H groups in total. The Balaban J connectivity index is 2.01. The molecule has 0 saturated heterocycles. The van der Waals surface area contributed by atoms with Crippen LogP contribution in [0.1, 0.15) is 25.3 Å². The molecule has 1 heterocycles. The maximum Gasteiger partial charge on any atom is 0.147 e. The summed E-state index contributed by atoms with van der Waals surface area (Å²) in [4.78, 5) is 0. The Morgan fingerprint density at radius 3 is 2.80 bits per heavy atom. The lowest BCUT2D eigenvalue weighted by Gasteiger charge is -2.24. The first-order valence-electron chi connectivity index (χ1n) is 7.15. The molecule has 1 aliphatic rings. The fourth-order valence-corrected chi connectivity index (χ4v) is 3.21. The third-order valence-electron chi connectivity index (χ3n) is 3.58. The molecule has 2 rings (SSSR count). The molecule has 20 heavy (non-hydrogen) atoms. The van der Waals surface area contributed by atoms with Crippen LogP contribution in [0.4, 0.5) is 0 Å². The van der Waals surface area contributed by atoms with Gasteiger partial charge in [0.1, 0.15) is 21.7 Å². The number of nitrogens with one attached hydrogen (secondary N) is 1. The molecule has 1 aliphatic heterocycles. The number of para-hydroxylation sites is 1. The van der Waals surface area contributed by atoms with Crippen molar-refractivity contribution in [1.82, 2.24) is 5.32 Å². The highest BCUT2D eigenvalue weighted by atomic mass is 32.2. The average molecular weight is 297 g/mol. The Hall–Kier alpha value is -1.07. The minimum Gasteiger partial charge on any atom is -0.488 e. The van der Waals surface area contributed by atoms with E-state index in [2.05, 4.69) is 18.3 Å². The van der Waals surface area contributed by atoms with Crippen LogP contribution >= 0.6 is 0 Å². The summed E-state index contributed by atoms with van der Waals surface area (Å²) in [5, 5.41) is 3.43. The molecule has 0 saturated carbocycles. The quantitative estimate of drug-likeness (QED) is 0.834. The van der Waals surface area contributed by atoms with Crippen molar-refractivity contribution in [2.24, 2.45) is 0 Å². The molecule has 1 aromatic carbocycles. The summed E-state index contributed by atoms with van der Waals surface area (Å²) in [5.74, 6) is 1.13. The van der Waals surface area contributed by atoms with E-state index in [9.17, 15) is 8.42 Å². The molecule has 0 aromatic heterocycles. The minimum atomic E-state index is -2.94. The van der Waals surface area contributed by atoms with E-state index in [1.165, 1.54) is 11.8 Å². The maximum absolute atomic E-state index is 11.4. The first-order chi connectivity index (χ1) is 9.49. The Morgan fingerprint density at radius 1 is 1.40 bits per heavy atom. The summed E-state index contributed by atoms with van der Waals surface area (Å²) >= 11 is 0. The van der Waals surface area contributed by atoms with Gasteiger partial charge in [0.15, 0.2) is 0 Å². The van der Waals surface area contributed by atoms with Gasteiger partial charge in [-0.25, -0.2) is 8.42 Å². The number of ether oxygens (including phenoxy) is 1. The molecule has 2 atom stereocenters. The van der Waals surface area contributed by atoms with Crippen molar-refractivity contribution in [2.45, 2.75) is 38.3 Å². The monoisotopic (exact) mass is 297 g/mol. The van der Waals surface area contributed by atoms with Crippen LogP contribution in [-0.2, 0) is 16.3 Å². The number of rotatable bonds is 7. The van der Waals surface area contributed by atoms with Crippen LogP contribution in [-0.4, -0.2) is 39.1 Å². The third-order valence-corrected chi connectivity index (χ3v) is 4.55. The van der Waals surface area contributed by atoms with Crippen LogP contribution in [0.2, 0.25) is 0 Å². The van der Waals surface area contributed by atoms with Crippen LogP contribution in [0.5, 0.6) is 5.75 Å². The zero-order chi connectivity index (χ0) is 14.6. The van der Waals surface area contributed by atoms with Gasteiger partial charge in [-0.3, -0.25) is 0 Å². The number of hydrogen-bond donors (Lipinski definition) is 1. The van der Waals surface area contributed by atoms with Gasteiger partial charge < -0.3 is 10.1 Å². The Kier molecular flexibility index (Phi) is 5.05. The SMILES string of the molecule is CCCNC(CCS(C)(=O)=O)C1Cc2ccccc2O1. The molecular formula is C15H23NO3S. The highest BCUT2D eigenvalue weighted by Gasteiger charge is 2.30. The summed E-state index contributed by atoms with van der Waals surface area (Å²) in [6.45, 7) is 2.98. The van der Waals surface area contributed by atoms with Crippen molar-refractivity contribution < 1.29 is 13.2 Å². The second-order valence-corrected chi connectivity index (χ2v) is 7.71. The van der Waals surface area contributed by atoms with E-state index in [1.807, 2.05) is 18.2 Å². The number of fused-ring (bicyclic) bond motifs is 1. The van der Waals surface area contributed by atoms with Crippen molar-refractivity contribution in [3.8, 4) is 5.75 Å². The van der Waals surface area contributed by atoms with E-state index < -0.39 is 9.84 Å². The van der Waals surface area contributed by atoms with Gasteiger partial charge in [-0.05, 0) is 31.0 Å². The highest BCUT2D eigenvalue weighted by molar-refractivity contribution is 7.90. The molecule has 0 spiro atoms. The molecule has 1 aromatic rings. The molecule has 0 fully saturated rings. The van der Waals surface area contributed by atoms with E-state index >= 15 is 0 Å². The fourth-order valence-electron chi connectivity index (χ4n) is 2.52. The molecule has 4 nitrogen and oxygen atoms in total. The second-order valence-electron chi connectivity index (χ2n) is 5.45.